The van der Waals surface area contributed by atoms with Gasteiger partial charge in [-0.1, -0.05) is 36.4 Å². The summed E-state index contributed by atoms with van der Waals surface area (Å²) in [5.74, 6) is 0.0803. The number of aryl methyl sites for hydroxylation is 1. The van der Waals surface area contributed by atoms with Crippen LogP contribution in [0.5, 0.6) is 0 Å². The molecule has 1 saturated heterocycles. The van der Waals surface area contributed by atoms with Crippen LogP contribution in [0.1, 0.15) is 41.3 Å². The van der Waals surface area contributed by atoms with Crippen LogP contribution in [-0.2, 0) is 16.6 Å². The van der Waals surface area contributed by atoms with Gasteiger partial charge < -0.3 is 4.90 Å². The minimum Gasteiger partial charge on any atom is -0.335 e. The Bertz CT molecular complexity index is 910. The lowest BCUT2D eigenvalue weighted by molar-refractivity contribution is 0.0752. The molecule has 0 N–H and O–H groups in total. The van der Waals surface area contributed by atoms with E-state index in [1.165, 1.54) is 4.31 Å². The van der Waals surface area contributed by atoms with E-state index in [1.807, 2.05) is 50.2 Å². The van der Waals surface area contributed by atoms with Crippen LogP contribution >= 0.6 is 0 Å². The van der Waals surface area contributed by atoms with Crippen LogP contribution in [0.15, 0.2) is 48.5 Å². The number of sulfonamides is 1. The molecule has 0 saturated carbocycles. The number of hydrogen-bond acceptors (Lipinski definition) is 3. The molecule has 0 aromatic heterocycles. The van der Waals surface area contributed by atoms with Crippen LogP contribution in [0.2, 0.25) is 0 Å². The van der Waals surface area contributed by atoms with E-state index in [2.05, 4.69) is 0 Å². The molecule has 144 valence electrons. The number of hydrogen-bond donors (Lipinski definition) is 0. The summed E-state index contributed by atoms with van der Waals surface area (Å²) < 4.78 is 26.4. The quantitative estimate of drug-likeness (QED) is 0.789. The smallest absolute Gasteiger partial charge is 0.254 e. The number of amides is 1. The summed E-state index contributed by atoms with van der Waals surface area (Å²) in [6.07, 6.45) is 1.53. The Labute approximate surface area is 161 Å². The van der Waals surface area contributed by atoms with Gasteiger partial charge in [-0.25, -0.2) is 8.42 Å². The van der Waals surface area contributed by atoms with Crippen molar-refractivity contribution in [3.63, 3.8) is 0 Å². The van der Waals surface area contributed by atoms with Crippen LogP contribution in [0.3, 0.4) is 0 Å². The van der Waals surface area contributed by atoms with E-state index < -0.39 is 10.0 Å². The molecule has 1 aliphatic rings. The highest BCUT2D eigenvalue weighted by molar-refractivity contribution is 7.92. The van der Waals surface area contributed by atoms with Gasteiger partial charge in [0.2, 0.25) is 10.0 Å². The Morgan fingerprint density at radius 2 is 1.85 bits per heavy atom. The van der Waals surface area contributed by atoms with E-state index in [1.54, 1.807) is 17.0 Å². The van der Waals surface area contributed by atoms with Gasteiger partial charge in [-0.05, 0) is 49.9 Å². The van der Waals surface area contributed by atoms with E-state index in [0.29, 0.717) is 37.3 Å². The Kier molecular flexibility index (Phi) is 5.85. The molecule has 6 heteroatoms. The lowest BCUT2D eigenvalue weighted by Gasteiger charge is -2.30. The van der Waals surface area contributed by atoms with E-state index in [-0.39, 0.29) is 11.7 Å². The first-order valence-electron chi connectivity index (χ1n) is 9.36. The summed E-state index contributed by atoms with van der Waals surface area (Å²) in [5, 5.41) is 0. The fraction of sp³-hybridized carbons (Fsp3) is 0.381. The highest BCUT2D eigenvalue weighted by Crippen LogP contribution is 2.28. The van der Waals surface area contributed by atoms with Crippen LogP contribution < -0.4 is 4.31 Å². The molecule has 0 bridgehead atoms. The topological polar surface area (TPSA) is 57.7 Å². The Hall–Kier alpha value is -2.34. The molecular formula is C21H26N2O3S. The fourth-order valence-electron chi connectivity index (χ4n) is 3.38. The zero-order valence-electron chi connectivity index (χ0n) is 15.9. The Balaban J connectivity index is 1.89. The second-order valence-corrected chi connectivity index (χ2v) is 8.91. The van der Waals surface area contributed by atoms with Gasteiger partial charge in [0.25, 0.3) is 5.91 Å². The summed E-state index contributed by atoms with van der Waals surface area (Å²) in [4.78, 5) is 14.8. The summed E-state index contributed by atoms with van der Waals surface area (Å²) >= 11 is 0. The van der Waals surface area contributed by atoms with Gasteiger partial charge in [0, 0.05) is 25.2 Å². The molecule has 0 unspecified atom stereocenters. The zero-order valence-corrected chi connectivity index (χ0v) is 16.7. The first-order valence-corrected chi connectivity index (χ1v) is 11.0. The highest BCUT2D eigenvalue weighted by Gasteiger charge is 2.28. The molecular weight excluding hydrogens is 360 g/mol. The van der Waals surface area contributed by atoms with E-state index in [0.717, 1.165) is 17.5 Å². The lowest BCUT2D eigenvalue weighted by atomic mass is 10.1. The molecule has 0 aliphatic carbocycles. The van der Waals surface area contributed by atoms with Crippen molar-refractivity contribution in [2.45, 2.75) is 33.2 Å². The summed E-state index contributed by atoms with van der Waals surface area (Å²) in [5.41, 5.74) is 3.08. The van der Waals surface area contributed by atoms with Crippen molar-refractivity contribution in [3.05, 3.63) is 65.2 Å². The minimum atomic E-state index is -3.31. The first-order chi connectivity index (χ1) is 12.9. The van der Waals surface area contributed by atoms with E-state index in [4.69, 9.17) is 0 Å². The molecule has 1 amide bonds. The monoisotopic (exact) mass is 386 g/mol. The van der Waals surface area contributed by atoms with Crippen LogP contribution in [-0.4, -0.2) is 38.1 Å². The molecule has 1 fully saturated rings. The summed E-state index contributed by atoms with van der Waals surface area (Å²) in [6.45, 7) is 5.42. The third-order valence-corrected chi connectivity index (χ3v) is 6.81. The molecule has 0 atom stereocenters. The Morgan fingerprint density at radius 1 is 1.11 bits per heavy atom. The first kappa shape index (κ1) is 19.4. The van der Waals surface area contributed by atoms with Gasteiger partial charge in [0.15, 0.2) is 0 Å². The van der Waals surface area contributed by atoms with Gasteiger partial charge in [-0.15, -0.1) is 0 Å². The number of carbonyl (C=O) groups excluding carboxylic acids is 1. The van der Waals surface area contributed by atoms with E-state index in [9.17, 15) is 13.2 Å². The molecule has 1 aliphatic heterocycles. The molecule has 27 heavy (non-hydrogen) atoms. The normalized spacial score (nSPS) is 16.1. The molecule has 3 rings (SSSR count). The van der Waals surface area contributed by atoms with Gasteiger partial charge in [0.1, 0.15) is 0 Å². The second-order valence-electron chi connectivity index (χ2n) is 6.90. The van der Waals surface area contributed by atoms with Crippen LogP contribution in [0, 0.1) is 6.92 Å². The second kappa shape index (κ2) is 8.13. The maximum Gasteiger partial charge on any atom is 0.254 e. The predicted molar refractivity (Wildman–Crippen MR) is 108 cm³/mol. The summed E-state index contributed by atoms with van der Waals surface area (Å²) in [7, 11) is -3.31. The lowest BCUT2D eigenvalue weighted by Crippen LogP contribution is -2.38. The van der Waals surface area contributed by atoms with Gasteiger partial charge in [0.05, 0.1) is 11.4 Å². The maximum atomic E-state index is 13.0. The average molecular weight is 387 g/mol. The average Bonchev–Trinajstić information content (AvgIpc) is 2.67. The van der Waals surface area contributed by atoms with Crippen molar-refractivity contribution in [2.24, 2.45) is 0 Å². The third kappa shape index (κ3) is 4.33. The van der Waals surface area contributed by atoms with Crippen LogP contribution in [0.4, 0.5) is 5.69 Å². The van der Waals surface area contributed by atoms with Crippen molar-refractivity contribution in [3.8, 4) is 0 Å². The maximum absolute atomic E-state index is 13.0. The number of carbonyl (C=O) groups is 1. The number of rotatable bonds is 5. The van der Waals surface area contributed by atoms with Crippen molar-refractivity contribution >= 4 is 21.6 Å². The fourth-order valence-corrected chi connectivity index (χ4v) is 5.08. The minimum absolute atomic E-state index is 0.0861. The van der Waals surface area contributed by atoms with Crippen molar-refractivity contribution < 1.29 is 13.2 Å². The van der Waals surface area contributed by atoms with Crippen molar-refractivity contribution in [2.75, 3.05) is 23.1 Å². The van der Waals surface area contributed by atoms with Gasteiger partial charge >= 0.3 is 0 Å². The predicted octanol–water partition coefficient (Wildman–Crippen LogP) is 3.59. The third-order valence-electron chi connectivity index (χ3n) is 4.96. The zero-order chi connectivity index (χ0) is 19.4. The molecule has 0 spiro atoms. The van der Waals surface area contributed by atoms with Gasteiger partial charge in [-0.2, -0.15) is 0 Å². The van der Waals surface area contributed by atoms with Crippen LogP contribution in [0.25, 0.3) is 0 Å². The molecule has 2 aromatic rings. The molecule has 5 nitrogen and oxygen atoms in total. The van der Waals surface area contributed by atoms with Crippen molar-refractivity contribution in [1.82, 2.24) is 4.90 Å². The summed E-state index contributed by atoms with van der Waals surface area (Å²) in [6, 6.07) is 15.2. The molecule has 0 radical (unpaired) electrons. The van der Waals surface area contributed by atoms with E-state index >= 15 is 0 Å². The number of benzene rings is 2. The SMILES string of the molecule is CCN(Cc1ccccc1)C(=O)c1ccc(C)c(N2CCCCS2(=O)=O)c1. The largest absolute Gasteiger partial charge is 0.335 e. The number of nitrogens with zero attached hydrogens (tertiary/aromatic N) is 2. The molecule has 1 heterocycles. The van der Waals surface area contributed by atoms with Gasteiger partial charge in [-0.3, -0.25) is 9.10 Å². The standard InChI is InChI=1S/C21H26N2O3S/c1-3-22(16-18-9-5-4-6-10-18)21(24)19-12-11-17(2)20(15-19)23-13-7-8-14-27(23,25)26/h4-6,9-12,15H,3,7-8,13-14,16H2,1-2H3. The Morgan fingerprint density at radius 3 is 2.52 bits per heavy atom. The highest BCUT2D eigenvalue weighted by atomic mass is 32.2. The number of anilines is 1. The van der Waals surface area contributed by atoms with Crippen molar-refractivity contribution in [1.29, 1.82) is 0 Å². The molecule has 2 aromatic carbocycles.